The molecule has 1 amide bonds. The molecule has 1 aromatic heterocycles. The fourth-order valence-electron chi connectivity index (χ4n) is 3.69. The SMILES string of the molecule is C[C@H](NC(=O)c1cc(=O)[nH]c2ccc(S(=O)(=O)Nc3ccc(F)cc3)cc12)[C@H]1CCCO1. The van der Waals surface area contributed by atoms with E-state index in [9.17, 15) is 22.4 Å². The molecule has 2 aromatic carbocycles. The van der Waals surface area contributed by atoms with Crippen LogP contribution in [0.1, 0.15) is 30.1 Å². The van der Waals surface area contributed by atoms with Crippen LogP contribution in [0.4, 0.5) is 10.1 Å². The van der Waals surface area contributed by atoms with Gasteiger partial charge in [-0.15, -0.1) is 0 Å². The zero-order chi connectivity index (χ0) is 22.9. The molecule has 0 bridgehead atoms. The number of ether oxygens (including phenoxy) is 1. The van der Waals surface area contributed by atoms with Crippen LogP contribution in [0.5, 0.6) is 0 Å². The molecule has 8 nitrogen and oxygen atoms in total. The van der Waals surface area contributed by atoms with Gasteiger partial charge in [0, 0.05) is 29.3 Å². The molecule has 1 aliphatic heterocycles. The van der Waals surface area contributed by atoms with Gasteiger partial charge in [0.1, 0.15) is 5.82 Å². The second-order valence-electron chi connectivity index (χ2n) is 7.68. The summed E-state index contributed by atoms with van der Waals surface area (Å²) < 4.78 is 46.7. The lowest BCUT2D eigenvalue weighted by Crippen LogP contribution is -2.41. The number of nitrogens with one attached hydrogen (secondary N) is 3. The Morgan fingerprint density at radius 2 is 1.94 bits per heavy atom. The molecular formula is C22H22FN3O5S. The van der Waals surface area contributed by atoms with Crippen molar-refractivity contribution in [3.63, 3.8) is 0 Å². The van der Waals surface area contributed by atoms with E-state index < -0.39 is 27.3 Å². The number of halogens is 1. The van der Waals surface area contributed by atoms with Gasteiger partial charge in [0.15, 0.2) is 0 Å². The van der Waals surface area contributed by atoms with Crippen molar-refractivity contribution in [2.45, 2.75) is 36.8 Å². The first kappa shape index (κ1) is 22.0. The molecule has 0 saturated carbocycles. The Kier molecular flexibility index (Phi) is 5.98. The first-order valence-corrected chi connectivity index (χ1v) is 11.6. The highest BCUT2D eigenvalue weighted by Gasteiger charge is 2.25. The molecule has 4 rings (SSSR count). The lowest BCUT2D eigenvalue weighted by atomic mass is 10.1. The van der Waals surface area contributed by atoms with Gasteiger partial charge in [0.05, 0.1) is 22.6 Å². The largest absolute Gasteiger partial charge is 0.376 e. The molecule has 0 spiro atoms. The van der Waals surface area contributed by atoms with Gasteiger partial charge in [-0.1, -0.05) is 0 Å². The van der Waals surface area contributed by atoms with E-state index in [2.05, 4.69) is 15.0 Å². The van der Waals surface area contributed by atoms with Crippen molar-refractivity contribution in [2.75, 3.05) is 11.3 Å². The Morgan fingerprint density at radius 1 is 1.19 bits per heavy atom. The molecule has 1 aliphatic rings. The second kappa shape index (κ2) is 8.71. The number of benzene rings is 2. The summed E-state index contributed by atoms with van der Waals surface area (Å²) in [7, 11) is -4.02. The number of H-pyrrole nitrogens is 1. The van der Waals surface area contributed by atoms with Crippen LogP contribution in [0.25, 0.3) is 10.9 Å². The number of hydrogen-bond acceptors (Lipinski definition) is 5. The minimum atomic E-state index is -4.02. The molecule has 3 aromatic rings. The number of carbonyl (C=O) groups is 1. The minimum absolute atomic E-state index is 0.0624. The third kappa shape index (κ3) is 4.66. The smallest absolute Gasteiger partial charge is 0.261 e. The average molecular weight is 459 g/mol. The van der Waals surface area contributed by atoms with Crippen molar-refractivity contribution in [2.24, 2.45) is 0 Å². The van der Waals surface area contributed by atoms with E-state index in [1.54, 1.807) is 0 Å². The molecule has 0 unspecified atom stereocenters. The molecule has 10 heteroatoms. The average Bonchev–Trinajstić information content (AvgIpc) is 3.29. The van der Waals surface area contributed by atoms with Crippen LogP contribution in [0.3, 0.4) is 0 Å². The van der Waals surface area contributed by atoms with Gasteiger partial charge in [0.25, 0.3) is 15.9 Å². The van der Waals surface area contributed by atoms with Crippen LogP contribution in [-0.2, 0) is 14.8 Å². The number of carbonyl (C=O) groups excluding carboxylic acids is 1. The van der Waals surface area contributed by atoms with Crippen molar-refractivity contribution in [1.29, 1.82) is 0 Å². The van der Waals surface area contributed by atoms with Crippen LogP contribution in [0, 0.1) is 5.82 Å². The van der Waals surface area contributed by atoms with Crippen molar-refractivity contribution in [3.05, 3.63) is 70.3 Å². The predicted molar refractivity (Wildman–Crippen MR) is 118 cm³/mol. The van der Waals surface area contributed by atoms with Gasteiger partial charge < -0.3 is 15.0 Å². The number of anilines is 1. The highest BCUT2D eigenvalue weighted by Crippen LogP contribution is 2.23. The summed E-state index contributed by atoms with van der Waals surface area (Å²) in [4.78, 5) is 27.5. The van der Waals surface area contributed by atoms with E-state index in [4.69, 9.17) is 4.74 Å². The Morgan fingerprint density at radius 3 is 2.62 bits per heavy atom. The number of pyridine rings is 1. The van der Waals surface area contributed by atoms with Gasteiger partial charge in [0.2, 0.25) is 5.56 Å². The second-order valence-corrected chi connectivity index (χ2v) is 9.36. The van der Waals surface area contributed by atoms with E-state index in [-0.39, 0.29) is 33.7 Å². The van der Waals surface area contributed by atoms with Gasteiger partial charge in [-0.25, -0.2) is 12.8 Å². The Bertz CT molecular complexity index is 1320. The Balaban J connectivity index is 1.68. The van der Waals surface area contributed by atoms with Crippen LogP contribution in [-0.4, -0.2) is 38.1 Å². The zero-order valence-electron chi connectivity index (χ0n) is 17.2. The summed E-state index contributed by atoms with van der Waals surface area (Å²) in [5.41, 5.74) is 0.101. The number of hydrogen-bond donors (Lipinski definition) is 3. The molecule has 1 saturated heterocycles. The fraction of sp³-hybridized carbons (Fsp3) is 0.273. The number of fused-ring (bicyclic) bond motifs is 1. The van der Waals surface area contributed by atoms with Gasteiger partial charge >= 0.3 is 0 Å². The monoisotopic (exact) mass is 459 g/mol. The molecule has 3 N–H and O–H groups in total. The number of aromatic nitrogens is 1. The highest BCUT2D eigenvalue weighted by atomic mass is 32.2. The van der Waals surface area contributed by atoms with Crippen molar-refractivity contribution in [1.82, 2.24) is 10.3 Å². The maximum Gasteiger partial charge on any atom is 0.261 e. The normalized spacial score (nSPS) is 17.2. The lowest BCUT2D eigenvalue weighted by molar-refractivity contribution is 0.0713. The Labute approximate surface area is 183 Å². The summed E-state index contributed by atoms with van der Waals surface area (Å²) >= 11 is 0. The molecule has 2 heterocycles. The fourth-order valence-corrected chi connectivity index (χ4v) is 4.78. The third-order valence-corrected chi connectivity index (χ3v) is 6.73. The van der Waals surface area contributed by atoms with Gasteiger partial charge in [-0.3, -0.25) is 14.3 Å². The summed E-state index contributed by atoms with van der Waals surface area (Å²) in [6.45, 7) is 2.47. The first-order valence-electron chi connectivity index (χ1n) is 10.1. The van der Waals surface area contributed by atoms with Crippen molar-refractivity contribution in [3.8, 4) is 0 Å². The van der Waals surface area contributed by atoms with E-state index in [1.165, 1.54) is 30.3 Å². The standard InChI is InChI=1S/C22H22FN3O5S/c1-13(20-3-2-10-31-20)24-22(28)18-12-21(27)25-19-9-8-16(11-17(18)19)32(29,30)26-15-6-4-14(23)5-7-15/h4-9,11-13,20,26H,2-3,10H2,1H3,(H,24,28)(H,25,27)/t13-,20+/m0/s1. The number of amides is 1. The van der Waals surface area contributed by atoms with Crippen LogP contribution < -0.4 is 15.6 Å². The van der Waals surface area contributed by atoms with Crippen LogP contribution in [0.15, 0.2) is 58.2 Å². The number of sulfonamides is 1. The topological polar surface area (TPSA) is 117 Å². The van der Waals surface area contributed by atoms with Crippen LogP contribution >= 0.6 is 0 Å². The summed E-state index contributed by atoms with van der Waals surface area (Å²) in [5.74, 6) is -0.986. The van der Waals surface area contributed by atoms with E-state index in [1.807, 2.05) is 6.92 Å². The first-order chi connectivity index (χ1) is 15.2. The van der Waals surface area contributed by atoms with Crippen molar-refractivity contribution >= 4 is 32.5 Å². The molecule has 1 fully saturated rings. The van der Waals surface area contributed by atoms with E-state index >= 15 is 0 Å². The maximum absolute atomic E-state index is 13.1. The summed E-state index contributed by atoms with van der Waals surface area (Å²) in [5, 5.41) is 3.12. The quantitative estimate of drug-likeness (QED) is 0.524. The molecular weight excluding hydrogens is 437 g/mol. The third-order valence-electron chi connectivity index (χ3n) is 5.35. The number of aromatic amines is 1. The van der Waals surface area contributed by atoms with Gasteiger partial charge in [-0.05, 0) is 62.2 Å². The molecule has 168 valence electrons. The van der Waals surface area contributed by atoms with Crippen molar-refractivity contribution < 1.29 is 22.3 Å². The molecule has 0 aliphatic carbocycles. The summed E-state index contributed by atoms with van der Waals surface area (Å²) in [6.07, 6.45) is 1.64. The minimum Gasteiger partial charge on any atom is -0.376 e. The Hall–Kier alpha value is -3.24. The lowest BCUT2D eigenvalue weighted by Gasteiger charge is -2.20. The van der Waals surface area contributed by atoms with Gasteiger partial charge in [-0.2, -0.15) is 0 Å². The predicted octanol–water partition coefficient (Wildman–Crippen LogP) is 2.77. The van der Waals surface area contributed by atoms with E-state index in [0.29, 0.717) is 12.1 Å². The van der Waals surface area contributed by atoms with E-state index in [0.717, 1.165) is 31.0 Å². The van der Waals surface area contributed by atoms with Crippen LogP contribution in [0.2, 0.25) is 0 Å². The maximum atomic E-state index is 13.1. The summed E-state index contributed by atoms with van der Waals surface area (Å²) in [6, 6.07) is 9.82. The number of rotatable bonds is 6. The zero-order valence-corrected chi connectivity index (χ0v) is 18.0. The molecule has 32 heavy (non-hydrogen) atoms. The highest BCUT2D eigenvalue weighted by molar-refractivity contribution is 7.92. The molecule has 2 atom stereocenters. The molecule has 0 radical (unpaired) electrons.